The first-order chi connectivity index (χ1) is 31.1. The molecule has 2 aliphatic heterocycles. The number of likely N-dealkylation sites (N-methyl/N-ethyl adjacent to an activating group) is 2. The van der Waals surface area contributed by atoms with E-state index in [1.165, 1.54) is 25.1 Å². The molecule has 0 radical (unpaired) electrons. The summed E-state index contributed by atoms with van der Waals surface area (Å²) in [5.41, 5.74) is 2.86. The van der Waals surface area contributed by atoms with Crippen LogP contribution in [0.3, 0.4) is 0 Å². The first kappa shape index (κ1) is 47.5. The van der Waals surface area contributed by atoms with Crippen LogP contribution < -0.4 is 21.3 Å². The Balaban J connectivity index is 1.29. The maximum atomic E-state index is 15.9. The molecule has 65 heavy (non-hydrogen) atoms. The number of para-hydroxylation sites is 1. The quantitative estimate of drug-likeness (QED) is 0.0818. The zero-order valence-corrected chi connectivity index (χ0v) is 38.1. The molecule has 14 nitrogen and oxygen atoms in total. The number of ether oxygens (including phenoxy) is 1. The molecule has 3 aliphatic rings. The maximum absolute atomic E-state index is 15.9. The van der Waals surface area contributed by atoms with E-state index in [1.54, 1.807) is 62.9 Å². The molecular weight excluding hydrogens is 842 g/mol. The number of likely N-dealkylation sites (tertiary alicyclic amines) is 2. The van der Waals surface area contributed by atoms with Gasteiger partial charge in [-0.3, -0.25) is 24.0 Å². The van der Waals surface area contributed by atoms with Gasteiger partial charge in [0.1, 0.15) is 36.0 Å². The third-order valence-corrected chi connectivity index (χ3v) is 13.9. The van der Waals surface area contributed by atoms with Gasteiger partial charge in [-0.25, -0.2) is 13.2 Å². The van der Waals surface area contributed by atoms with E-state index < -0.39 is 66.1 Å². The minimum Gasteiger partial charge on any atom is -0.461 e. The van der Waals surface area contributed by atoms with E-state index in [9.17, 15) is 28.4 Å². The van der Waals surface area contributed by atoms with Crippen LogP contribution in [0.2, 0.25) is 0 Å². The smallest absolute Gasteiger partial charge is 0.302 e. The highest BCUT2D eigenvalue weighted by Gasteiger charge is 2.44. The number of benzene rings is 2. The second kappa shape index (κ2) is 20.4. The number of esters is 1. The molecule has 4 heterocycles. The normalized spacial score (nSPS) is 22.2. The number of carbonyl (C=O) groups excluding carboxylic acids is 5. The topological polar surface area (TPSA) is 181 Å². The van der Waals surface area contributed by atoms with Gasteiger partial charge in [-0.15, -0.1) is 0 Å². The molecule has 2 aromatic carbocycles. The van der Waals surface area contributed by atoms with Gasteiger partial charge in [0, 0.05) is 48.1 Å². The van der Waals surface area contributed by atoms with Gasteiger partial charge in [0.2, 0.25) is 23.6 Å². The zero-order valence-electron chi connectivity index (χ0n) is 38.1. The summed E-state index contributed by atoms with van der Waals surface area (Å²) in [5.74, 6) is -3.00. The van der Waals surface area contributed by atoms with Crippen LogP contribution >= 0.6 is 0 Å². The summed E-state index contributed by atoms with van der Waals surface area (Å²) < 4.78 is 52.3. The molecule has 1 saturated carbocycles. The third kappa shape index (κ3) is 10.2. The molecule has 1 aliphatic carbocycles. The predicted molar refractivity (Wildman–Crippen MR) is 241 cm³/mol. The summed E-state index contributed by atoms with van der Waals surface area (Å²) in [6.45, 7) is 6.42. The van der Waals surface area contributed by atoms with Crippen molar-refractivity contribution in [1.29, 1.82) is 0 Å². The van der Waals surface area contributed by atoms with Crippen molar-refractivity contribution in [1.82, 2.24) is 41.0 Å². The third-order valence-electron chi connectivity index (χ3n) is 13.9. The summed E-state index contributed by atoms with van der Waals surface area (Å²) in [6, 6.07) is 4.98. The second-order valence-electron chi connectivity index (χ2n) is 18.2. The lowest BCUT2D eigenvalue weighted by Crippen LogP contribution is -2.56. The van der Waals surface area contributed by atoms with Gasteiger partial charge in [0.25, 0.3) is 0 Å². The Morgan fingerprint density at radius 2 is 1.43 bits per heavy atom. The van der Waals surface area contributed by atoms with Gasteiger partial charge in [-0.2, -0.15) is 0 Å². The van der Waals surface area contributed by atoms with Gasteiger partial charge in [-0.05, 0) is 101 Å². The molecule has 4 amide bonds. The van der Waals surface area contributed by atoms with E-state index >= 15 is 8.78 Å². The van der Waals surface area contributed by atoms with Crippen LogP contribution in [0.25, 0.3) is 33.2 Å². The van der Waals surface area contributed by atoms with E-state index in [1.807, 2.05) is 0 Å². The lowest BCUT2D eigenvalue weighted by Gasteiger charge is -2.35. The fourth-order valence-corrected chi connectivity index (χ4v) is 10.2. The minimum absolute atomic E-state index is 0.0321. The number of H-pyrrole nitrogens is 2. The average Bonchev–Trinajstić information content (AvgIpc) is 4.06. The number of amides is 4. The molecule has 2 saturated heterocycles. The second-order valence-corrected chi connectivity index (χ2v) is 18.2. The Morgan fingerprint density at radius 1 is 0.800 bits per heavy atom. The molecule has 8 atom stereocenters. The van der Waals surface area contributed by atoms with Crippen LogP contribution in [-0.4, -0.2) is 125 Å². The molecule has 0 spiro atoms. The Morgan fingerprint density at radius 3 is 2.09 bits per heavy atom. The number of carbonyl (C=O) groups is 5. The summed E-state index contributed by atoms with van der Waals surface area (Å²) in [6.07, 6.45) is 3.32. The lowest BCUT2D eigenvalue weighted by molar-refractivity contribution is -0.146. The molecule has 0 bridgehead atoms. The number of aromatic amines is 2. The summed E-state index contributed by atoms with van der Waals surface area (Å²) in [7, 11) is 3.32. The van der Waals surface area contributed by atoms with E-state index in [0.717, 1.165) is 32.1 Å². The Hall–Kier alpha value is -5.42. The van der Waals surface area contributed by atoms with Crippen LogP contribution in [-0.2, 0) is 41.6 Å². The van der Waals surface area contributed by atoms with E-state index in [2.05, 4.69) is 31.2 Å². The van der Waals surface area contributed by atoms with Crippen molar-refractivity contribution in [3.8, 4) is 11.4 Å². The Kier molecular flexibility index (Phi) is 14.9. The highest BCUT2D eigenvalue weighted by atomic mass is 19.1. The predicted octanol–water partition coefficient (Wildman–Crippen LogP) is 5.33. The molecule has 2 aromatic heterocycles. The van der Waals surface area contributed by atoms with Crippen LogP contribution in [0, 0.1) is 17.6 Å². The monoisotopic (exact) mass is 904 g/mol. The van der Waals surface area contributed by atoms with Crippen LogP contribution in [0.1, 0.15) is 90.2 Å². The molecule has 0 unspecified atom stereocenters. The Bertz CT molecular complexity index is 2400. The maximum Gasteiger partial charge on any atom is 0.302 e. The number of hydrogen-bond donors (Lipinski definition) is 6. The minimum atomic E-state index is -1.33. The largest absolute Gasteiger partial charge is 0.461 e. The van der Waals surface area contributed by atoms with Gasteiger partial charge < -0.3 is 45.8 Å². The van der Waals surface area contributed by atoms with Gasteiger partial charge >= 0.3 is 5.97 Å². The van der Waals surface area contributed by atoms with E-state index in [-0.39, 0.29) is 73.8 Å². The summed E-state index contributed by atoms with van der Waals surface area (Å²) in [4.78, 5) is 77.5. The lowest BCUT2D eigenvalue weighted by atomic mass is 9.83. The van der Waals surface area contributed by atoms with Crippen molar-refractivity contribution in [3.05, 3.63) is 59.2 Å². The molecule has 17 heteroatoms. The fourth-order valence-electron chi connectivity index (χ4n) is 10.2. The van der Waals surface area contributed by atoms with Crippen LogP contribution in [0.15, 0.2) is 36.4 Å². The van der Waals surface area contributed by atoms with Crippen molar-refractivity contribution >= 4 is 51.4 Å². The standard InChI is InChI=1S/C48H63F3N8O6/c1-7-39(55-45(61)25(2)52-5)47(63)59-24-33(65-27(4)60)20-32(59)22-37-35-14-11-15-38(51)42(35)56-44(37)43-36(34-17-16-29(49)19-40(34)54-43)21-31-18-30(50)23-58(31)48(64)41(28-12-9-8-10-13-28)57-46(62)26(3)53-6/h11,14-17,19,25-26,28,30-33,39,41,52-54,56H,7-10,12-13,18,20-24H2,1-6H3,(H,55,61)(H,57,62)/t25-,26-,30-,31-,32-,33-,39-,41-/m0/s1. The summed E-state index contributed by atoms with van der Waals surface area (Å²) >= 11 is 0. The SMILES string of the molecule is CC[C@H](NC(=O)[C@H](C)NC)C(=O)N1C[C@@H](OC(C)=O)C[C@H]1Cc1c(-c2[nH]c3cc(F)ccc3c2C[C@@H]2C[C@H](F)CN2C(=O)[C@@H](NC(=O)[C@H](C)NC)C2CCCCC2)[nH]c2c(F)cccc12. The van der Waals surface area contributed by atoms with Gasteiger partial charge in [0.15, 0.2) is 0 Å². The number of nitrogens with one attached hydrogen (secondary N) is 6. The number of alkyl halides is 1. The molecule has 3 fully saturated rings. The van der Waals surface area contributed by atoms with Crippen molar-refractivity contribution in [3.63, 3.8) is 0 Å². The average molecular weight is 905 g/mol. The number of hydrogen-bond acceptors (Lipinski definition) is 8. The Labute approximate surface area is 377 Å². The first-order valence-corrected chi connectivity index (χ1v) is 23.1. The van der Waals surface area contributed by atoms with Crippen molar-refractivity contribution in [2.75, 3.05) is 27.2 Å². The van der Waals surface area contributed by atoms with Crippen molar-refractivity contribution < 1.29 is 41.9 Å². The van der Waals surface area contributed by atoms with Crippen LogP contribution in [0.5, 0.6) is 0 Å². The molecule has 352 valence electrons. The fraction of sp³-hybridized carbons (Fsp3) is 0.562. The molecule has 6 N–H and O–H groups in total. The summed E-state index contributed by atoms with van der Waals surface area (Å²) in [5, 5.41) is 12.9. The van der Waals surface area contributed by atoms with Crippen LogP contribution in [0.4, 0.5) is 13.2 Å². The number of halogens is 3. The number of aromatic nitrogens is 2. The molecule has 4 aromatic rings. The zero-order chi connectivity index (χ0) is 46.7. The molecule has 7 rings (SSSR count). The highest BCUT2D eigenvalue weighted by Crippen LogP contribution is 2.41. The van der Waals surface area contributed by atoms with Gasteiger partial charge in [-0.1, -0.05) is 38.3 Å². The highest BCUT2D eigenvalue weighted by molar-refractivity contribution is 5.97. The van der Waals surface area contributed by atoms with Gasteiger partial charge in [0.05, 0.1) is 42.1 Å². The first-order valence-electron chi connectivity index (χ1n) is 23.1. The number of fused-ring (bicyclic) bond motifs is 2. The van der Waals surface area contributed by atoms with Crippen molar-refractivity contribution in [2.45, 2.75) is 140 Å². The van der Waals surface area contributed by atoms with E-state index in [4.69, 9.17) is 4.74 Å². The number of nitrogens with zero attached hydrogens (tertiary/aromatic N) is 2. The molecular formula is C48H63F3N8O6. The van der Waals surface area contributed by atoms with E-state index in [0.29, 0.717) is 45.2 Å². The number of rotatable bonds is 16. The van der Waals surface area contributed by atoms with Crippen molar-refractivity contribution in [2.24, 2.45) is 5.92 Å².